The van der Waals surface area contributed by atoms with Crippen LogP contribution < -0.4 is 19.5 Å². The second kappa shape index (κ2) is 11.2. The molecule has 7 nitrogen and oxygen atoms in total. The number of halogens is 1. The Morgan fingerprint density at radius 2 is 1.53 bits per heavy atom. The number of methoxy groups -OCH3 is 2. The van der Waals surface area contributed by atoms with Gasteiger partial charge in [0.15, 0.2) is 6.61 Å². The van der Waals surface area contributed by atoms with E-state index in [2.05, 4.69) is 21.2 Å². The van der Waals surface area contributed by atoms with Crippen molar-refractivity contribution in [2.24, 2.45) is 0 Å². The Morgan fingerprint density at radius 1 is 1.00 bits per heavy atom. The molecule has 0 heterocycles. The van der Waals surface area contributed by atoms with E-state index in [0.717, 1.165) is 10.0 Å². The van der Waals surface area contributed by atoms with Crippen molar-refractivity contribution >= 4 is 27.7 Å². The van der Waals surface area contributed by atoms with Crippen molar-refractivity contribution in [2.75, 3.05) is 20.8 Å². The van der Waals surface area contributed by atoms with Gasteiger partial charge < -0.3 is 24.4 Å². The molecular formula is C24H31BrN2O5. The van der Waals surface area contributed by atoms with Crippen LogP contribution in [0.1, 0.15) is 33.3 Å². The number of ether oxygens (including phenoxy) is 3. The number of nitrogens with zero attached hydrogens (tertiary/aromatic N) is 1. The van der Waals surface area contributed by atoms with Gasteiger partial charge in [0.2, 0.25) is 5.91 Å². The molecule has 2 amide bonds. The highest BCUT2D eigenvalue weighted by Gasteiger charge is 2.28. The molecule has 0 aliphatic carbocycles. The van der Waals surface area contributed by atoms with E-state index in [1.807, 2.05) is 45.0 Å². The van der Waals surface area contributed by atoms with Gasteiger partial charge in [0.1, 0.15) is 23.3 Å². The van der Waals surface area contributed by atoms with Crippen molar-refractivity contribution < 1.29 is 23.8 Å². The third kappa shape index (κ3) is 7.75. The summed E-state index contributed by atoms with van der Waals surface area (Å²) in [6, 6.07) is 12.0. The number of carbonyl (C=O) groups is 2. The van der Waals surface area contributed by atoms with Gasteiger partial charge in [0.25, 0.3) is 5.91 Å². The van der Waals surface area contributed by atoms with Crippen LogP contribution in [0.2, 0.25) is 0 Å². The first-order chi connectivity index (χ1) is 15.0. The van der Waals surface area contributed by atoms with Crippen LogP contribution in [0.5, 0.6) is 17.2 Å². The van der Waals surface area contributed by atoms with Crippen LogP contribution in [-0.2, 0) is 16.1 Å². The van der Waals surface area contributed by atoms with Gasteiger partial charge in [-0.3, -0.25) is 9.59 Å². The number of carbonyl (C=O) groups excluding carboxylic acids is 2. The lowest BCUT2D eigenvalue weighted by molar-refractivity contribution is -0.142. The summed E-state index contributed by atoms with van der Waals surface area (Å²) in [4.78, 5) is 27.5. The Hall–Kier alpha value is -2.74. The second-order valence-electron chi connectivity index (χ2n) is 8.40. The maximum Gasteiger partial charge on any atom is 0.261 e. The zero-order valence-electron chi connectivity index (χ0n) is 19.4. The summed E-state index contributed by atoms with van der Waals surface area (Å²) in [7, 11) is 3.08. The van der Waals surface area contributed by atoms with Crippen LogP contribution in [0.15, 0.2) is 46.9 Å². The molecule has 174 valence electrons. The Balaban J connectivity index is 2.20. The number of rotatable bonds is 9. The molecule has 0 aliphatic heterocycles. The lowest BCUT2D eigenvalue weighted by Gasteiger charge is -2.31. The van der Waals surface area contributed by atoms with Crippen LogP contribution in [0.4, 0.5) is 0 Å². The fourth-order valence-electron chi connectivity index (χ4n) is 2.94. The minimum absolute atomic E-state index is 0.231. The predicted octanol–water partition coefficient (Wildman–Crippen LogP) is 4.18. The zero-order valence-corrected chi connectivity index (χ0v) is 21.0. The third-order valence-corrected chi connectivity index (χ3v) is 5.15. The molecule has 1 N–H and O–H groups in total. The number of hydrogen-bond donors (Lipinski definition) is 1. The predicted molar refractivity (Wildman–Crippen MR) is 127 cm³/mol. The van der Waals surface area contributed by atoms with Gasteiger partial charge in [0, 0.05) is 34.8 Å². The van der Waals surface area contributed by atoms with Crippen molar-refractivity contribution in [1.29, 1.82) is 0 Å². The average molecular weight is 507 g/mol. The van der Waals surface area contributed by atoms with Crippen LogP contribution in [0, 0.1) is 0 Å². The van der Waals surface area contributed by atoms with Crippen molar-refractivity contribution in [3.63, 3.8) is 0 Å². The molecule has 0 aromatic heterocycles. The maximum absolute atomic E-state index is 13.2. The van der Waals surface area contributed by atoms with Gasteiger partial charge in [-0.15, -0.1) is 0 Å². The highest BCUT2D eigenvalue weighted by atomic mass is 79.9. The van der Waals surface area contributed by atoms with E-state index in [1.165, 1.54) is 4.90 Å². The molecule has 32 heavy (non-hydrogen) atoms. The summed E-state index contributed by atoms with van der Waals surface area (Å²) in [6.45, 7) is 7.45. The molecule has 0 saturated carbocycles. The van der Waals surface area contributed by atoms with Gasteiger partial charge in [-0.25, -0.2) is 0 Å². The summed E-state index contributed by atoms with van der Waals surface area (Å²) >= 11 is 3.41. The van der Waals surface area contributed by atoms with E-state index in [-0.39, 0.29) is 25.0 Å². The number of nitrogens with one attached hydrogen (secondary N) is 1. The number of benzene rings is 2. The highest BCUT2D eigenvalue weighted by Crippen LogP contribution is 2.27. The van der Waals surface area contributed by atoms with Gasteiger partial charge >= 0.3 is 0 Å². The summed E-state index contributed by atoms with van der Waals surface area (Å²) in [5.74, 6) is 0.995. The Bertz CT molecular complexity index is 903. The molecule has 0 bridgehead atoms. The average Bonchev–Trinajstić information content (AvgIpc) is 2.75. The maximum atomic E-state index is 13.2. The van der Waals surface area contributed by atoms with Crippen molar-refractivity contribution in [2.45, 2.75) is 45.8 Å². The SMILES string of the molecule is COc1cc(OC)cc(OCC(=O)N(Cc2ccc(Br)cc2)[C@H](C)C(=O)NC(C)(C)C)c1. The molecule has 2 aromatic rings. The van der Waals surface area contributed by atoms with Crippen LogP contribution in [0.3, 0.4) is 0 Å². The quantitative estimate of drug-likeness (QED) is 0.551. The topological polar surface area (TPSA) is 77.1 Å². The van der Waals surface area contributed by atoms with Crippen molar-refractivity contribution in [1.82, 2.24) is 10.2 Å². The molecular weight excluding hydrogens is 476 g/mol. The van der Waals surface area contributed by atoms with E-state index >= 15 is 0 Å². The Kier molecular flexibility index (Phi) is 8.95. The summed E-state index contributed by atoms with van der Waals surface area (Å²) in [6.07, 6.45) is 0. The summed E-state index contributed by atoms with van der Waals surface area (Å²) < 4.78 is 17.2. The molecule has 2 aromatic carbocycles. The lowest BCUT2D eigenvalue weighted by Crippen LogP contribution is -2.53. The molecule has 0 radical (unpaired) electrons. The van der Waals surface area contributed by atoms with Gasteiger partial charge in [-0.1, -0.05) is 28.1 Å². The monoisotopic (exact) mass is 506 g/mol. The van der Waals surface area contributed by atoms with Crippen LogP contribution >= 0.6 is 15.9 Å². The molecule has 1 atom stereocenters. The van der Waals surface area contributed by atoms with Gasteiger partial charge in [-0.05, 0) is 45.4 Å². The minimum Gasteiger partial charge on any atom is -0.496 e. The second-order valence-corrected chi connectivity index (χ2v) is 9.32. The first-order valence-electron chi connectivity index (χ1n) is 10.2. The Morgan fingerprint density at radius 3 is 2.03 bits per heavy atom. The van der Waals surface area contributed by atoms with E-state index in [4.69, 9.17) is 14.2 Å². The highest BCUT2D eigenvalue weighted by molar-refractivity contribution is 9.10. The van der Waals surface area contributed by atoms with E-state index in [1.54, 1.807) is 39.3 Å². The molecule has 0 fully saturated rings. The fraction of sp³-hybridized carbons (Fsp3) is 0.417. The Labute approximate surface area is 198 Å². The lowest BCUT2D eigenvalue weighted by atomic mass is 10.1. The van der Waals surface area contributed by atoms with Crippen LogP contribution in [0.25, 0.3) is 0 Å². The standard InChI is InChI=1S/C24H31BrN2O5/c1-16(23(29)26-24(2,3)4)27(14-17-7-9-18(25)10-8-17)22(28)15-32-21-12-19(30-5)11-20(13-21)31-6/h7-13,16H,14-15H2,1-6H3,(H,26,29)/t16-/m1/s1. The largest absolute Gasteiger partial charge is 0.496 e. The van der Waals surface area contributed by atoms with Crippen molar-refractivity contribution in [3.8, 4) is 17.2 Å². The smallest absolute Gasteiger partial charge is 0.261 e. The van der Waals surface area contributed by atoms with Crippen molar-refractivity contribution in [3.05, 3.63) is 52.5 Å². The zero-order chi connectivity index (χ0) is 23.9. The number of hydrogen-bond acceptors (Lipinski definition) is 5. The third-order valence-electron chi connectivity index (χ3n) is 4.62. The first-order valence-corrected chi connectivity index (χ1v) is 11.0. The molecule has 0 aliphatic rings. The minimum atomic E-state index is -0.686. The summed E-state index contributed by atoms with van der Waals surface area (Å²) in [5, 5.41) is 2.94. The molecule has 0 spiro atoms. The van der Waals surface area contributed by atoms with E-state index in [9.17, 15) is 9.59 Å². The van der Waals surface area contributed by atoms with Crippen LogP contribution in [-0.4, -0.2) is 49.1 Å². The first kappa shape index (κ1) is 25.5. The van der Waals surface area contributed by atoms with E-state index < -0.39 is 11.6 Å². The molecule has 2 rings (SSSR count). The molecule has 8 heteroatoms. The van der Waals surface area contributed by atoms with Gasteiger partial charge in [-0.2, -0.15) is 0 Å². The van der Waals surface area contributed by atoms with Gasteiger partial charge in [0.05, 0.1) is 14.2 Å². The number of amides is 2. The fourth-order valence-corrected chi connectivity index (χ4v) is 3.20. The molecule has 0 unspecified atom stereocenters. The van der Waals surface area contributed by atoms with E-state index in [0.29, 0.717) is 17.2 Å². The summed E-state index contributed by atoms with van der Waals surface area (Å²) in [5.41, 5.74) is 0.491. The molecule has 0 saturated heterocycles. The normalized spacial score (nSPS) is 12.0.